The standard InChI is InChI=1S/C46H54N10O5S/c1-27(2)36-19-37(40(58)20-39(36)57)45(60)55-24-29-4-3-28(15-31(29)25-55)23-52-7-9-54(10-8-52)44(59)30-16-33-5-6-34(17-30)56(33)26-35-18-38-41(62-35)43(53-11-13-61-14-12-53)51-42(50-38)32-21-48-46(47)49-22-32/h3-4,15,18-22,27,30,33-34,57-58H,5-14,16-17,23-26H2,1-2H3,(H2,47,48,49). The number of aromatic nitrogens is 4. The van der Waals surface area contributed by atoms with Gasteiger partial charge in [-0.15, -0.1) is 11.3 Å². The molecule has 2 amide bonds. The SMILES string of the molecule is CC(C)c1cc(C(=O)N2Cc3ccc(CN4CCN(C(=O)C5CC6CCC(C5)N6Cc5cc6nc(-c7cnc(N)nc7)nc(N7CCOCC7)c6s5)CC4)cc3C2)c(O)cc1O. The molecule has 8 heterocycles. The number of anilines is 2. The Morgan fingerprint density at radius 3 is 2.31 bits per heavy atom. The van der Waals surface area contributed by atoms with E-state index in [0.29, 0.717) is 55.7 Å². The van der Waals surface area contributed by atoms with Crippen LogP contribution in [-0.2, 0) is 35.7 Å². The van der Waals surface area contributed by atoms with Crippen LogP contribution in [-0.4, -0.2) is 126 Å². The van der Waals surface area contributed by atoms with E-state index in [0.717, 1.165) is 111 Å². The predicted octanol–water partition coefficient (Wildman–Crippen LogP) is 5.35. The number of piperazine rings is 1. The van der Waals surface area contributed by atoms with E-state index in [-0.39, 0.29) is 40.8 Å². The van der Waals surface area contributed by atoms with Gasteiger partial charge in [0.1, 0.15) is 11.5 Å². The second-order valence-electron chi connectivity index (χ2n) is 17.9. The lowest BCUT2D eigenvalue weighted by atomic mass is 9.89. The van der Waals surface area contributed by atoms with E-state index < -0.39 is 0 Å². The van der Waals surface area contributed by atoms with Crippen molar-refractivity contribution in [2.24, 2.45) is 5.92 Å². The van der Waals surface area contributed by atoms with E-state index in [1.807, 2.05) is 13.8 Å². The van der Waals surface area contributed by atoms with Gasteiger partial charge in [0.15, 0.2) is 11.6 Å². The van der Waals surface area contributed by atoms with Crippen LogP contribution in [0.2, 0.25) is 0 Å². The highest BCUT2D eigenvalue weighted by molar-refractivity contribution is 7.19. The van der Waals surface area contributed by atoms with Crippen LogP contribution in [0, 0.1) is 5.92 Å². The first-order valence-corrected chi connectivity index (χ1v) is 22.8. The van der Waals surface area contributed by atoms with Gasteiger partial charge in [0.25, 0.3) is 5.91 Å². The number of fused-ring (bicyclic) bond motifs is 4. The molecule has 0 aliphatic carbocycles. The lowest BCUT2D eigenvalue weighted by Crippen LogP contribution is -2.52. The Labute approximate surface area is 365 Å². The number of nitrogen functional groups attached to an aromatic ring is 1. The first-order valence-electron chi connectivity index (χ1n) is 22.0. The normalized spacial score (nSPS) is 21.9. The summed E-state index contributed by atoms with van der Waals surface area (Å²) in [5.74, 6) is 1.67. The third kappa shape index (κ3) is 7.93. The fraction of sp³-hybridized carbons (Fsp3) is 0.478. The van der Waals surface area contributed by atoms with Crippen molar-refractivity contribution in [2.45, 2.75) is 83.7 Å². The quantitative estimate of drug-likeness (QED) is 0.173. The maximum atomic E-state index is 14.1. The number of rotatable bonds is 9. The second-order valence-corrected chi connectivity index (χ2v) is 19.0. The number of amides is 2. The van der Waals surface area contributed by atoms with Gasteiger partial charge >= 0.3 is 0 Å². The van der Waals surface area contributed by atoms with E-state index in [2.05, 4.69) is 53.8 Å². The minimum absolute atomic E-state index is 0.000753. The smallest absolute Gasteiger partial charge is 0.258 e. The Hall–Kier alpha value is -5.42. The molecule has 4 saturated heterocycles. The number of carbonyl (C=O) groups excluding carboxylic acids is 2. The Morgan fingerprint density at radius 1 is 0.855 bits per heavy atom. The number of ether oxygens (including phenoxy) is 1. The van der Waals surface area contributed by atoms with Gasteiger partial charge in [-0.3, -0.25) is 19.4 Å². The third-order valence-corrected chi connectivity index (χ3v) is 14.7. The van der Waals surface area contributed by atoms with Crippen molar-refractivity contribution in [3.8, 4) is 22.9 Å². The zero-order valence-corrected chi connectivity index (χ0v) is 36.2. The van der Waals surface area contributed by atoms with E-state index in [1.54, 1.807) is 34.7 Å². The summed E-state index contributed by atoms with van der Waals surface area (Å²) in [6, 6.07) is 12.3. The molecule has 0 saturated carbocycles. The predicted molar refractivity (Wildman–Crippen MR) is 237 cm³/mol. The first-order chi connectivity index (χ1) is 30.0. The fourth-order valence-corrected chi connectivity index (χ4v) is 11.4. The van der Waals surface area contributed by atoms with Crippen molar-refractivity contribution in [1.82, 2.24) is 39.5 Å². The van der Waals surface area contributed by atoms with E-state index >= 15 is 0 Å². The monoisotopic (exact) mass is 858 g/mol. The topological polar surface area (TPSA) is 178 Å². The van der Waals surface area contributed by atoms with E-state index in [4.69, 9.17) is 20.4 Å². The van der Waals surface area contributed by atoms with Crippen molar-refractivity contribution in [3.63, 3.8) is 0 Å². The van der Waals surface area contributed by atoms with Gasteiger partial charge in [0.05, 0.1) is 34.6 Å². The van der Waals surface area contributed by atoms with Crippen molar-refractivity contribution in [2.75, 3.05) is 63.1 Å². The summed E-state index contributed by atoms with van der Waals surface area (Å²) in [5, 5.41) is 20.8. The highest BCUT2D eigenvalue weighted by Gasteiger charge is 2.44. The number of carbonyl (C=O) groups is 2. The average molecular weight is 859 g/mol. The number of aromatic hydroxyl groups is 2. The van der Waals surface area contributed by atoms with Crippen LogP contribution in [0.15, 0.2) is 48.8 Å². The van der Waals surface area contributed by atoms with E-state index in [1.165, 1.54) is 16.5 Å². The molecule has 16 heteroatoms. The van der Waals surface area contributed by atoms with Gasteiger partial charge in [-0.1, -0.05) is 32.0 Å². The zero-order valence-electron chi connectivity index (χ0n) is 35.4. The number of thiophene rings is 1. The molecular formula is C46H54N10O5S. The maximum absolute atomic E-state index is 14.1. The molecular weight excluding hydrogens is 805 g/mol. The Morgan fingerprint density at radius 2 is 1.58 bits per heavy atom. The van der Waals surface area contributed by atoms with Crippen LogP contribution in [0.1, 0.15) is 82.9 Å². The van der Waals surface area contributed by atoms with Gasteiger partial charge in [-0.25, -0.2) is 19.9 Å². The highest BCUT2D eigenvalue weighted by Crippen LogP contribution is 2.43. The summed E-state index contributed by atoms with van der Waals surface area (Å²) < 4.78 is 6.74. The lowest BCUT2D eigenvalue weighted by molar-refractivity contribution is -0.140. The number of hydrogen-bond donors (Lipinski definition) is 3. The first kappa shape index (κ1) is 40.6. The summed E-state index contributed by atoms with van der Waals surface area (Å²) in [7, 11) is 0. The number of phenols is 2. The lowest BCUT2D eigenvalue weighted by Gasteiger charge is -2.41. The number of nitrogens with two attached hydrogens (primary N) is 1. The third-order valence-electron chi connectivity index (χ3n) is 13.6. The molecule has 15 nitrogen and oxygen atoms in total. The van der Waals surface area contributed by atoms with Crippen molar-refractivity contribution < 1.29 is 24.5 Å². The van der Waals surface area contributed by atoms with Gasteiger partial charge in [-0.2, -0.15) is 0 Å². The van der Waals surface area contributed by atoms with Crippen LogP contribution >= 0.6 is 11.3 Å². The summed E-state index contributed by atoms with van der Waals surface area (Å²) in [6.07, 6.45) is 7.41. The molecule has 5 aliphatic rings. The van der Waals surface area contributed by atoms with Crippen LogP contribution in [0.3, 0.4) is 0 Å². The molecule has 10 rings (SSSR count). The number of benzene rings is 2. The molecule has 4 N–H and O–H groups in total. The molecule has 2 aromatic carbocycles. The molecule has 2 atom stereocenters. The molecule has 2 bridgehead atoms. The summed E-state index contributed by atoms with van der Waals surface area (Å²) in [5.41, 5.74) is 11.7. The zero-order chi connectivity index (χ0) is 42.6. The fourth-order valence-electron chi connectivity index (χ4n) is 10.3. The maximum Gasteiger partial charge on any atom is 0.258 e. The van der Waals surface area contributed by atoms with Crippen LogP contribution in [0.5, 0.6) is 11.5 Å². The van der Waals surface area contributed by atoms with E-state index in [9.17, 15) is 19.8 Å². The summed E-state index contributed by atoms with van der Waals surface area (Å²) >= 11 is 1.78. The van der Waals surface area contributed by atoms with Gasteiger partial charge in [0, 0.05) is 107 Å². The molecule has 324 valence electrons. The minimum atomic E-state index is -0.243. The molecule has 0 radical (unpaired) electrons. The summed E-state index contributed by atoms with van der Waals surface area (Å²) in [6.45, 7) is 12.5. The van der Waals surface area contributed by atoms with Crippen molar-refractivity contribution >= 4 is 45.1 Å². The Kier molecular flexibility index (Phi) is 10.9. The Balaban J connectivity index is 0.744. The number of morpholine rings is 1. The van der Waals surface area contributed by atoms with Gasteiger partial charge in [-0.05, 0) is 66.0 Å². The largest absolute Gasteiger partial charge is 0.508 e. The highest BCUT2D eigenvalue weighted by atomic mass is 32.1. The Bertz CT molecular complexity index is 2490. The van der Waals surface area contributed by atoms with Crippen LogP contribution < -0.4 is 10.6 Å². The van der Waals surface area contributed by atoms with Crippen molar-refractivity contribution in [3.05, 3.63) is 81.5 Å². The number of hydrogen-bond acceptors (Lipinski definition) is 14. The minimum Gasteiger partial charge on any atom is -0.508 e. The van der Waals surface area contributed by atoms with Crippen LogP contribution in [0.25, 0.3) is 21.6 Å². The van der Waals surface area contributed by atoms with Gasteiger partial charge < -0.3 is 35.4 Å². The molecule has 62 heavy (non-hydrogen) atoms. The second kappa shape index (κ2) is 16.7. The summed E-state index contributed by atoms with van der Waals surface area (Å²) in [4.78, 5) is 58.4. The van der Waals surface area contributed by atoms with Gasteiger partial charge in [0.2, 0.25) is 11.9 Å². The van der Waals surface area contributed by atoms with Crippen LogP contribution in [0.4, 0.5) is 11.8 Å². The average Bonchev–Trinajstić information content (AvgIpc) is 3.95. The molecule has 5 aliphatic heterocycles. The molecule has 2 unspecified atom stereocenters. The molecule has 5 aromatic rings. The number of piperidine rings is 1. The number of nitrogens with zero attached hydrogens (tertiary/aromatic N) is 9. The molecule has 4 fully saturated rings. The van der Waals surface area contributed by atoms with Crippen molar-refractivity contribution in [1.29, 1.82) is 0 Å². The molecule has 3 aromatic heterocycles. The number of phenolic OH excluding ortho intramolecular Hbond substituents is 2. The molecule has 0 spiro atoms.